The summed E-state index contributed by atoms with van der Waals surface area (Å²) in [5, 5.41) is 35.0. The van der Waals surface area contributed by atoms with Gasteiger partial charge in [0, 0.05) is 31.7 Å². The lowest BCUT2D eigenvalue weighted by molar-refractivity contribution is -0.136. The number of hydrogen-bond acceptors (Lipinski definition) is 10. The minimum Gasteiger partial charge on any atom is -0.508 e. The van der Waals surface area contributed by atoms with E-state index in [1.165, 1.54) is 45.4 Å². The van der Waals surface area contributed by atoms with E-state index in [0.29, 0.717) is 17.7 Å². The molecule has 18 heteroatoms. The van der Waals surface area contributed by atoms with E-state index in [1.54, 1.807) is 32.9 Å². The molecule has 0 spiro atoms. The van der Waals surface area contributed by atoms with Crippen molar-refractivity contribution in [3.63, 3.8) is 0 Å². The van der Waals surface area contributed by atoms with Gasteiger partial charge >= 0.3 is 0 Å². The molecular formula is C35H53N9O9. The zero-order valence-corrected chi connectivity index (χ0v) is 31.1. The quantitative estimate of drug-likeness (QED) is 0.0743. The molecule has 53 heavy (non-hydrogen) atoms. The van der Waals surface area contributed by atoms with E-state index in [4.69, 9.17) is 5.73 Å². The molecule has 2 aromatic rings. The maximum Gasteiger partial charge on any atom is 0.243 e. The second-order valence-corrected chi connectivity index (χ2v) is 13.4. The third kappa shape index (κ3) is 13.9. The number of aromatic nitrogens is 2. The van der Waals surface area contributed by atoms with Crippen LogP contribution in [0.1, 0.15) is 66.1 Å². The fourth-order valence-electron chi connectivity index (χ4n) is 5.23. The molecule has 0 aliphatic rings. The van der Waals surface area contributed by atoms with E-state index in [0.717, 1.165) is 0 Å². The first kappa shape index (κ1) is 43.6. The van der Waals surface area contributed by atoms with Gasteiger partial charge in [0.2, 0.25) is 41.4 Å². The highest BCUT2D eigenvalue weighted by Crippen LogP contribution is 2.14. The fraction of sp³-hybridized carbons (Fsp3) is 0.543. The predicted octanol–water partition coefficient (Wildman–Crippen LogP) is -1.58. The molecule has 0 bridgehead atoms. The number of aromatic hydroxyl groups is 1. The van der Waals surface area contributed by atoms with Crippen LogP contribution in [0.25, 0.3) is 0 Å². The summed E-state index contributed by atoms with van der Waals surface area (Å²) in [4.78, 5) is 97.8. The van der Waals surface area contributed by atoms with Crippen LogP contribution in [-0.2, 0) is 46.4 Å². The molecule has 0 aliphatic carbocycles. The number of carbonyl (C=O) groups is 7. The number of nitrogens with two attached hydrogens (primary N) is 1. The highest BCUT2D eigenvalue weighted by molar-refractivity contribution is 5.97. The van der Waals surface area contributed by atoms with Gasteiger partial charge in [0.25, 0.3) is 0 Å². The molecule has 1 heterocycles. The highest BCUT2D eigenvalue weighted by Gasteiger charge is 2.35. The number of aliphatic hydroxyl groups excluding tert-OH is 1. The molecule has 7 amide bonds. The Labute approximate surface area is 308 Å². The van der Waals surface area contributed by atoms with Crippen molar-refractivity contribution in [1.82, 2.24) is 41.9 Å². The standard InChI is InChI=1S/C35H53N9O9/c1-8-18(4)28(43-33(51)26(40-21(7)46)14-23-15-37-16-38-23)35(53)41-25(13-22-9-11-24(47)12-10-22)32(50)42-27(17(2)3)34(52)39-19(5)31(49)44-29(20(6)45)30(36)48/h9-12,15-20,25-29,45,47H,8,13-14H2,1-7H3,(H2,36,48)(H,37,38)(H,39,52)(H,40,46)(H,41,53)(H,42,50)(H,43,51)(H,44,49)/t18-,19-,20+,25-,26-,27-,28-,29-/m0/s1. The van der Waals surface area contributed by atoms with Crippen LogP contribution in [0.2, 0.25) is 0 Å². The number of nitrogens with one attached hydrogen (secondary N) is 7. The summed E-state index contributed by atoms with van der Waals surface area (Å²) in [5.74, 6) is -6.05. The van der Waals surface area contributed by atoms with Crippen molar-refractivity contribution in [2.75, 3.05) is 0 Å². The summed E-state index contributed by atoms with van der Waals surface area (Å²) in [6, 6.07) is -1.35. The Hall–Kier alpha value is -5.52. The Morgan fingerprint density at radius 1 is 0.736 bits per heavy atom. The van der Waals surface area contributed by atoms with Gasteiger partial charge in [-0.2, -0.15) is 0 Å². The fourth-order valence-corrected chi connectivity index (χ4v) is 5.23. The molecule has 1 aromatic carbocycles. The monoisotopic (exact) mass is 743 g/mol. The highest BCUT2D eigenvalue weighted by atomic mass is 16.3. The van der Waals surface area contributed by atoms with Crippen LogP contribution in [0.3, 0.4) is 0 Å². The van der Waals surface area contributed by atoms with E-state index < -0.39 is 95.5 Å². The summed E-state index contributed by atoms with van der Waals surface area (Å²) in [7, 11) is 0. The molecule has 0 saturated heterocycles. The molecule has 8 atom stereocenters. The van der Waals surface area contributed by atoms with E-state index in [-0.39, 0.29) is 18.6 Å². The van der Waals surface area contributed by atoms with Crippen molar-refractivity contribution in [1.29, 1.82) is 0 Å². The van der Waals surface area contributed by atoms with Gasteiger partial charge in [-0.15, -0.1) is 0 Å². The number of benzene rings is 1. The third-order valence-corrected chi connectivity index (χ3v) is 8.56. The molecule has 292 valence electrons. The summed E-state index contributed by atoms with van der Waals surface area (Å²) >= 11 is 0. The van der Waals surface area contributed by atoms with Gasteiger partial charge in [-0.3, -0.25) is 33.6 Å². The van der Waals surface area contributed by atoms with E-state index in [2.05, 4.69) is 41.9 Å². The summed E-state index contributed by atoms with van der Waals surface area (Å²) < 4.78 is 0. The molecule has 18 nitrogen and oxygen atoms in total. The largest absolute Gasteiger partial charge is 0.508 e. The minimum absolute atomic E-state index is 0.0208. The van der Waals surface area contributed by atoms with Crippen LogP contribution in [-0.4, -0.2) is 104 Å². The maximum absolute atomic E-state index is 13.9. The average molecular weight is 744 g/mol. The number of amides is 7. The Morgan fingerprint density at radius 3 is 1.77 bits per heavy atom. The van der Waals surface area contributed by atoms with Gasteiger partial charge in [-0.25, -0.2) is 4.98 Å². The first-order valence-electron chi connectivity index (χ1n) is 17.4. The number of primary amides is 1. The second kappa shape index (κ2) is 20.5. The number of imidazole rings is 1. The number of aromatic amines is 1. The zero-order chi connectivity index (χ0) is 40.0. The topological polar surface area (TPSA) is 287 Å². The number of carbonyl (C=O) groups excluding carboxylic acids is 7. The average Bonchev–Trinajstić information content (AvgIpc) is 3.60. The molecule has 0 aliphatic heterocycles. The maximum atomic E-state index is 13.9. The zero-order valence-electron chi connectivity index (χ0n) is 31.1. The van der Waals surface area contributed by atoms with Gasteiger partial charge in [-0.1, -0.05) is 46.2 Å². The normalized spacial score (nSPS) is 15.6. The number of aliphatic hydroxyl groups is 1. The molecular weight excluding hydrogens is 690 g/mol. The van der Waals surface area contributed by atoms with Crippen LogP contribution in [0.15, 0.2) is 36.8 Å². The molecule has 0 radical (unpaired) electrons. The van der Waals surface area contributed by atoms with E-state index in [1.807, 2.05) is 6.92 Å². The number of hydrogen-bond donors (Lipinski definition) is 10. The molecule has 0 fully saturated rings. The van der Waals surface area contributed by atoms with Crippen LogP contribution in [0.5, 0.6) is 5.75 Å². The summed E-state index contributed by atoms with van der Waals surface area (Å²) in [6.45, 7) is 10.7. The molecule has 0 saturated carbocycles. The number of phenols is 1. The molecule has 1 aromatic heterocycles. The van der Waals surface area contributed by atoms with Crippen molar-refractivity contribution >= 4 is 41.4 Å². The minimum atomic E-state index is -1.40. The molecule has 11 N–H and O–H groups in total. The Balaban J connectivity index is 2.33. The predicted molar refractivity (Wildman–Crippen MR) is 192 cm³/mol. The first-order valence-corrected chi connectivity index (χ1v) is 17.4. The summed E-state index contributed by atoms with van der Waals surface area (Å²) in [5.41, 5.74) is 6.37. The van der Waals surface area contributed by atoms with Crippen molar-refractivity contribution in [2.45, 2.75) is 110 Å². The van der Waals surface area contributed by atoms with Crippen molar-refractivity contribution in [2.24, 2.45) is 17.6 Å². The lowest BCUT2D eigenvalue weighted by atomic mass is 9.96. The van der Waals surface area contributed by atoms with Gasteiger partial charge in [0.1, 0.15) is 42.0 Å². The van der Waals surface area contributed by atoms with Crippen molar-refractivity contribution in [3.05, 3.63) is 48.0 Å². The van der Waals surface area contributed by atoms with Crippen molar-refractivity contribution in [3.8, 4) is 5.75 Å². The SMILES string of the molecule is CC[C@H](C)[C@H](NC(=O)[C@H](Cc1cnc[nH]1)NC(C)=O)C(=O)N[C@@H](Cc1ccc(O)cc1)C(=O)N[C@H](C(=O)N[C@@H](C)C(=O)N[C@H](C(N)=O)[C@@H](C)O)C(C)C. The Morgan fingerprint density at radius 2 is 1.28 bits per heavy atom. The van der Waals surface area contributed by atoms with Gasteiger partial charge in [0.15, 0.2) is 0 Å². The van der Waals surface area contributed by atoms with Crippen molar-refractivity contribution < 1.29 is 43.8 Å². The van der Waals surface area contributed by atoms with Gasteiger partial charge < -0.3 is 52.8 Å². The van der Waals surface area contributed by atoms with Gasteiger partial charge in [-0.05, 0) is 43.4 Å². The Kier molecular flexibility index (Phi) is 16.9. The van der Waals surface area contributed by atoms with Gasteiger partial charge in [0.05, 0.1) is 12.4 Å². The number of H-pyrrole nitrogens is 1. The summed E-state index contributed by atoms with van der Waals surface area (Å²) in [6.07, 6.45) is 2.08. The molecule has 2 rings (SSSR count). The third-order valence-electron chi connectivity index (χ3n) is 8.56. The van der Waals surface area contributed by atoms with Crippen LogP contribution < -0.4 is 37.6 Å². The van der Waals surface area contributed by atoms with E-state index in [9.17, 15) is 43.8 Å². The lowest BCUT2D eigenvalue weighted by Gasteiger charge is -2.30. The first-order chi connectivity index (χ1) is 24.8. The Bertz CT molecular complexity index is 1560. The van der Waals surface area contributed by atoms with Crippen LogP contribution in [0.4, 0.5) is 0 Å². The number of phenolic OH excluding ortho intramolecular Hbond substituents is 1. The number of rotatable bonds is 20. The number of nitrogens with zero attached hydrogens (tertiary/aromatic N) is 1. The lowest BCUT2D eigenvalue weighted by Crippen LogP contribution is -2.61. The van der Waals surface area contributed by atoms with Crippen LogP contribution >= 0.6 is 0 Å². The molecule has 0 unspecified atom stereocenters. The second-order valence-electron chi connectivity index (χ2n) is 13.4. The smallest absolute Gasteiger partial charge is 0.243 e. The van der Waals surface area contributed by atoms with E-state index >= 15 is 0 Å². The van der Waals surface area contributed by atoms with Crippen LogP contribution in [0, 0.1) is 11.8 Å².